The summed E-state index contributed by atoms with van der Waals surface area (Å²) in [6.45, 7) is 0.483. The van der Waals surface area contributed by atoms with Gasteiger partial charge < -0.3 is 4.74 Å². The van der Waals surface area contributed by atoms with E-state index in [0.29, 0.717) is 13.0 Å². The largest absolute Gasteiger partial charge is 0.465 e. The van der Waals surface area contributed by atoms with Gasteiger partial charge in [0.15, 0.2) is 0 Å². The topological polar surface area (TPSA) is 50.1 Å². The summed E-state index contributed by atoms with van der Waals surface area (Å²) >= 11 is 0. The van der Waals surface area contributed by atoms with Crippen molar-refractivity contribution in [3.63, 3.8) is 0 Å². The van der Waals surface area contributed by atoms with Gasteiger partial charge in [-0.15, -0.1) is 0 Å². The summed E-state index contributed by atoms with van der Waals surface area (Å²) in [5.74, 6) is -0.859. The van der Waals surface area contributed by atoms with E-state index in [4.69, 9.17) is 5.26 Å². The molecule has 0 bridgehead atoms. The number of cyclic esters (lactones) is 1. The molecule has 1 atom stereocenters. The molecule has 0 spiro atoms. The van der Waals surface area contributed by atoms with Gasteiger partial charge in [0.05, 0.1) is 12.7 Å². The first-order valence-electron chi connectivity index (χ1n) is 2.91. The Hall–Kier alpha value is -1.04. The van der Waals surface area contributed by atoms with E-state index in [-0.39, 0.29) is 5.97 Å². The molecule has 1 aliphatic rings. The number of hydrogen-bond donors (Lipinski definition) is 0. The van der Waals surface area contributed by atoms with E-state index >= 15 is 0 Å². The molecule has 0 aromatic carbocycles. The van der Waals surface area contributed by atoms with Crippen LogP contribution in [0.4, 0.5) is 0 Å². The number of hydrogen-bond acceptors (Lipinski definition) is 3. The van der Waals surface area contributed by atoms with Crippen molar-refractivity contribution < 1.29 is 9.53 Å². The average molecular weight is 125 g/mol. The maximum absolute atomic E-state index is 10.6. The van der Waals surface area contributed by atoms with Gasteiger partial charge in [-0.25, -0.2) is 0 Å². The van der Waals surface area contributed by atoms with Crippen molar-refractivity contribution in [2.24, 2.45) is 5.92 Å². The fourth-order valence-corrected chi connectivity index (χ4v) is 0.796. The van der Waals surface area contributed by atoms with Crippen LogP contribution in [-0.2, 0) is 9.53 Å². The van der Waals surface area contributed by atoms with Crippen molar-refractivity contribution in [2.75, 3.05) is 6.61 Å². The summed E-state index contributed by atoms with van der Waals surface area (Å²) in [7, 11) is 0. The van der Waals surface area contributed by atoms with E-state index in [9.17, 15) is 4.79 Å². The molecule has 3 nitrogen and oxygen atoms in total. The first kappa shape index (κ1) is 6.09. The van der Waals surface area contributed by atoms with Gasteiger partial charge >= 0.3 is 5.97 Å². The Morgan fingerprint density at radius 1 is 1.78 bits per heavy atom. The van der Waals surface area contributed by atoms with Gasteiger partial charge in [-0.3, -0.25) is 4.79 Å². The highest BCUT2D eigenvalue weighted by Crippen LogP contribution is 2.12. The highest BCUT2D eigenvalue weighted by molar-refractivity contribution is 5.75. The molecule has 0 aromatic rings. The lowest BCUT2D eigenvalue weighted by atomic mass is 10.0. The van der Waals surface area contributed by atoms with Crippen LogP contribution in [0.5, 0.6) is 0 Å². The van der Waals surface area contributed by atoms with Crippen molar-refractivity contribution in [3.05, 3.63) is 0 Å². The fourth-order valence-electron chi connectivity index (χ4n) is 0.796. The minimum Gasteiger partial charge on any atom is -0.465 e. The first-order valence-corrected chi connectivity index (χ1v) is 2.91. The second-order valence-corrected chi connectivity index (χ2v) is 1.99. The smallest absolute Gasteiger partial charge is 0.323 e. The molecule has 1 heterocycles. The quantitative estimate of drug-likeness (QED) is 0.442. The normalized spacial score (nSPS) is 26.6. The summed E-state index contributed by atoms with van der Waals surface area (Å²) < 4.78 is 4.62. The SMILES string of the molecule is N#C[C@H]1CCCOC1=O. The Morgan fingerprint density at radius 2 is 2.56 bits per heavy atom. The zero-order valence-corrected chi connectivity index (χ0v) is 4.96. The van der Waals surface area contributed by atoms with Crippen LogP contribution in [0.25, 0.3) is 0 Å². The third kappa shape index (κ3) is 1.20. The number of carbonyl (C=O) groups excluding carboxylic acids is 1. The van der Waals surface area contributed by atoms with E-state index in [1.54, 1.807) is 0 Å². The number of nitrogens with zero attached hydrogens (tertiary/aromatic N) is 1. The van der Waals surface area contributed by atoms with Crippen molar-refractivity contribution >= 4 is 5.97 Å². The molecule has 0 amide bonds. The number of rotatable bonds is 0. The molecule has 1 fully saturated rings. The van der Waals surface area contributed by atoms with Crippen LogP contribution >= 0.6 is 0 Å². The fraction of sp³-hybridized carbons (Fsp3) is 0.667. The second-order valence-electron chi connectivity index (χ2n) is 1.99. The molecule has 0 N–H and O–H groups in total. The molecule has 1 aliphatic heterocycles. The third-order valence-corrected chi connectivity index (χ3v) is 1.32. The number of carbonyl (C=O) groups is 1. The Balaban J connectivity index is 2.51. The molecular formula is C6H7NO2. The molecule has 1 rings (SSSR count). The first-order chi connectivity index (χ1) is 4.34. The molecular weight excluding hydrogens is 118 g/mol. The van der Waals surface area contributed by atoms with Crippen LogP contribution in [-0.4, -0.2) is 12.6 Å². The molecule has 0 aromatic heterocycles. The monoisotopic (exact) mass is 125 g/mol. The van der Waals surface area contributed by atoms with Crippen molar-refractivity contribution in [3.8, 4) is 6.07 Å². The van der Waals surface area contributed by atoms with Crippen molar-refractivity contribution in [1.82, 2.24) is 0 Å². The summed E-state index contributed by atoms with van der Waals surface area (Å²) in [5, 5.41) is 8.31. The van der Waals surface area contributed by atoms with Gasteiger partial charge in [-0.1, -0.05) is 0 Å². The number of ether oxygens (including phenoxy) is 1. The van der Waals surface area contributed by atoms with Crippen LogP contribution in [0.1, 0.15) is 12.8 Å². The standard InChI is InChI=1S/C6H7NO2/c7-4-5-2-1-3-9-6(5)8/h5H,1-3H2/t5-/m1/s1. The van der Waals surface area contributed by atoms with Gasteiger partial charge in [0.1, 0.15) is 5.92 Å². The highest BCUT2D eigenvalue weighted by Gasteiger charge is 2.22. The van der Waals surface area contributed by atoms with Crippen LogP contribution in [0.2, 0.25) is 0 Å². The lowest BCUT2D eigenvalue weighted by Gasteiger charge is -2.13. The zero-order chi connectivity index (χ0) is 6.69. The Bertz CT molecular complexity index is 159. The van der Waals surface area contributed by atoms with E-state index in [0.717, 1.165) is 6.42 Å². The Morgan fingerprint density at radius 3 is 3.00 bits per heavy atom. The number of nitriles is 1. The summed E-state index contributed by atoms with van der Waals surface area (Å²) in [6, 6.07) is 1.88. The third-order valence-electron chi connectivity index (χ3n) is 1.32. The van der Waals surface area contributed by atoms with Crippen LogP contribution < -0.4 is 0 Å². The summed E-state index contributed by atoms with van der Waals surface area (Å²) in [5.41, 5.74) is 0. The highest BCUT2D eigenvalue weighted by atomic mass is 16.5. The van der Waals surface area contributed by atoms with Gasteiger partial charge in [0, 0.05) is 0 Å². The van der Waals surface area contributed by atoms with Crippen molar-refractivity contribution in [2.45, 2.75) is 12.8 Å². The molecule has 0 aliphatic carbocycles. The van der Waals surface area contributed by atoms with Gasteiger partial charge in [-0.2, -0.15) is 5.26 Å². The van der Waals surface area contributed by atoms with E-state index in [1.807, 2.05) is 6.07 Å². The van der Waals surface area contributed by atoms with Crippen LogP contribution in [0, 0.1) is 17.2 Å². The summed E-state index contributed by atoms with van der Waals surface area (Å²) in [4.78, 5) is 10.6. The predicted octanol–water partition coefficient (Wildman–Crippen LogP) is 0.463. The minimum absolute atomic E-state index is 0.358. The van der Waals surface area contributed by atoms with E-state index in [2.05, 4.69) is 4.74 Å². The van der Waals surface area contributed by atoms with Crippen LogP contribution in [0.15, 0.2) is 0 Å². The molecule has 3 heteroatoms. The molecule has 1 saturated heterocycles. The Labute approximate surface area is 53.2 Å². The van der Waals surface area contributed by atoms with E-state index < -0.39 is 5.92 Å². The lowest BCUT2D eigenvalue weighted by Crippen LogP contribution is -2.22. The Kier molecular flexibility index (Phi) is 1.69. The lowest BCUT2D eigenvalue weighted by molar-refractivity contribution is -0.150. The number of esters is 1. The van der Waals surface area contributed by atoms with Gasteiger partial charge in [-0.05, 0) is 12.8 Å². The van der Waals surface area contributed by atoms with Gasteiger partial charge in [0.25, 0.3) is 0 Å². The average Bonchev–Trinajstić information content (AvgIpc) is 1.89. The molecule has 0 radical (unpaired) electrons. The summed E-state index contributed by atoms with van der Waals surface area (Å²) in [6.07, 6.45) is 1.49. The predicted molar refractivity (Wildman–Crippen MR) is 29.3 cm³/mol. The van der Waals surface area contributed by atoms with Crippen LogP contribution in [0.3, 0.4) is 0 Å². The van der Waals surface area contributed by atoms with Gasteiger partial charge in [0.2, 0.25) is 0 Å². The second kappa shape index (κ2) is 2.49. The molecule has 0 saturated carbocycles. The maximum Gasteiger partial charge on any atom is 0.323 e. The molecule has 0 unspecified atom stereocenters. The van der Waals surface area contributed by atoms with E-state index in [1.165, 1.54) is 0 Å². The van der Waals surface area contributed by atoms with Crippen molar-refractivity contribution in [1.29, 1.82) is 5.26 Å². The zero-order valence-electron chi connectivity index (χ0n) is 4.96. The molecule has 48 valence electrons. The molecule has 9 heavy (non-hydrogen) atoms. The maximum atomic E-state index is 10.6. The minimum atomic E-state index is -0.501.